The molecule has 0 amide bonds. The number of carboxylic acid groups (broad SMARTS) is 1. The molecule has 1 N–H and O–H groups in total. The number of carboxylic acids is 1. The lowest BCUT2D eigenvalue weighted by Gasteiger charge is -2.31. The van der Waals surface area contributed by atoms with E-state index < -0.39 is 11.9 Å². The van der Waals surface area contributed by atoms with Crippen molar-refractivity contribution in [3.63, 3.8) is 0 Å². The van der Waals surface area contributed by atoms with E-state index in [-0.39, 0.29) is 24.3 Å². The Morgan fingerprint density at radius 2 is 1.59 bits per heavy atom. The number of hydrogen-bond acceptors (Lipinski definition) is 7. The van der Waals surface area contributed by atoms with Gasteiger partial charge in [0.2, 0.25) is 0 Å². The Morgan fingerprint density at radius 1 is 1.00 bits per heavy atom. The number of carbonyl (C=O) groups excluding carboxylic acids is 1. The summed E-state index contributed by atoms with van der Waals surface area (Å²) in [6.45, 7) is 12.9. The van der Waals surface area contributed by atoms with E-state index in [0.29, 0.717) is 56.1 Å². The number of ether oxygens (including phenoxy) is 3. The fourth-order valence-electron chi connectivity index (χ4n) is 4.44. The number of benzene rings is 1. The molecule has 2 unspecified atom stereocenters. The second-order valence-electron chi connectivity index (χ2n) is 9.30. The Bertz CT molecular complexity index is 785. The monoisotopic (exact) mass is 448 g/mol. The van der Waals surface area contributed by atoms with Crippen LogP contribution in [0.3, 0.4) is 0 Å². The van der Waals surface area contributed by atoms with Crippen LogP contribution in [0.1, 0.15) is 54.0 Å². The summed E-state index contributed by atoms with van der Waals surface area (Å²) in [5, 5.41) is 9.49. The highest BCUT2D eigenvalue weighted by molar-refractivity contribution is 5.94. The Labute approximate surface area is 190 Å². The topological polar surface area (TPSA) is 88.5 Å². The normalized spacial score (nSPS) is 19.6. The largest absolute Gasteiger partial charge is 0.478 e. The molecular weight excluding hydrogens is 412 g/mol. The number of hydrogen-bond donors (Lipinski definition) is 1. The molecular formula is C24H36N2O6. The first-order valence-corrected chi connectivity index (χ1v) is 11.4. The van der Waals surface area contributed by atoms with E-state index in [1.165, 1.54) is 6.07 Å². The summed E-state index contributed by atoms with van der Waals surface area (Å²) in [6, 6.07) is 4.88. The highest BCUT2D eigenvalue weighted by Gasteiger charge is 2.29. The van der Waals surface area contributed by atoms with E-state index in [2.05, 4.69) is 37.5 Å². The van der Waals surface area contributed by atoms with Crippen LogP contribution in [-0.2, 0) is 20.6 Å². The summed E-state index contributed by atoms with van der Waals surface area (Å²) >= 11 is 0. The minimum absolute atomic E-state index is 0.0772. The van der Waals surface area contributed by atoms with Gasteiger partial charge in [0.1, 0.15) is 6.61 Å². The Hall–Kier alpha value is -2.00. The van der Waals surface area contributed by atoms with Crippen LogP contribution >= 0.6 is 0 Å². The lowest BCUT2D eigenvalue weighted by atomic mass is 9.91. The first kappa shape index (κ1) is 24.6. The minimum atomic E-state index is -1.01. The summed E-state index contributed by atoms with van der Waals surface area (Å²) < 4.78 is 16.7. The molecule has 32 heavy (non-hydrogen) atoms. The summed E-state index contributed by atoms with van der Waals surface area (Å²) in [5.74, 6) is -0.804. The van der Waals surface area contributed by atoms with Gasteiger partial charge in [-0.1, -0.05) is 27.7 Å². The van der Waals surface area contributed by atoms with Crippen molar-refractivity contribution in [1.29, 1.82) is 0 Å². The van der Waals surface area contributed by atoms with Crippen molar-refractivity contribution in [2.24, 2.45) is 11.8 Å². The highest BCUT2D eigenvalue weighted by atomic mass is 16.5. The predicted octanol–water partition coefficient (Wildman–Crippen LogP) is 2.71. The number of esters is 1. The second kappa shape index (κ2) is 11.2. The fourth-order valence-corrected chi connectivity index (χ4v) is 4.44. The molecule has 2 heterocycles. The van der Waals surface area contributed by atoms with Crippen LogP contribution in [0.4, 0.5) is 0 Å². The molecule has 0 aliphatic carbocycles. The van der Waals surface area contributed by atoms with Gasteiger partial charge in [0.15, 0.2) is 0 Å². The molecule has 178 valence electrons. The molecule has 1 aromatic rings. The van der Waals surface area contributed by atoms with Crippen molar-refractivity contribution in [1.82, 2.24) is 9.80 Å². The Morgan fingerprint density at radius 3 is 2.09 bits per heavy atom. The van der Waals surface area contributed by atoms with Crippen LogP contribution < -0.4 is 0 Å². The number of aromatic carboxylic acids is 1. The average molecular weight is 449 g/mol. The van der Waals surface area contributed by atoms with Crippen molar-refractivity contribution in [3.05, 3.63) is 34.9 Å². The lowest BCUT2D eigenvalue weighted by molar-refractivity contribution is 0.0217. The van der Waals surface area contributed by atoms with Gasteiger partial charge >= 0.3 is 11.9 Å². The molecule has 0 bridgehead atoms. The quantitative estimate of drug-likeness (QED) is 0.547. The third kappa shape index (κ3) is 6.07. The number of rotatable bonds is 10. The average Bonchev–Trinajstić information content (AvgIpc) is 3.46. The molecule has 8 heteroatoms. The maximum absolute atomic E-state index is 13.1. The van der Waals surface area contributed by atoms with Gasteiger partial charge in [0, 0.05) is 25.2 Å². The molecule has 0 aromatic heterocycles. The zero-order chi connectivity index (χ0) is 23.3. The van der Waals surface area contributed by atoms with E-state index in [1.54, 1.807) is 12.1 Å². The lowest BCUT2D eigenvalue weighted by Crippen LogP contribution is -2.41. The number of nitrogens with zero attached hydrogens (tertiary/aromatic N) is 2. The van der Waals surface area contributed by atoms with Crippen LogP contribution in [0.15, 0.2) is 18.2 Å². The van der Waals surface area contributed by atoms with Crippen LogP contribution in [0.2, 0.25) is 0 Å². The van der Waals surface area contributed by atoms with Crippen molar-refractivity contribution in [3.8, 4) is 0 Å². The summed E-state index contributed by atoms with van der Waals surface area (Å²) in [5.41, 5.74) is 1.30. The molecule has 0 spiro atoms. The predicted molar refractivity (Wildman–Crippen MR) is 120 cm³/mol. The molecule has 0 saturated carbocycles. The molecule has 2 saturated heterocycles. The van der Waals surface area contributed by atoms with Crippen molar-refractivity contribution >= 4 is 11.9 Å². The van der Waals surface area contributed by atoms with E-state index in [0.717, 1.165) is 13.1 Å². The zero-order valence-corrected chi connectivity index (χ0v) is 19.6. The highest BCUT2D eigenvalue weighted by Crippen LogP contribution is 2.24. The molecule has 1 aromatic carbocycles. The summed E-state index contributed by atoms with van der Waals surface area (Å²) in [7, 11) is 0. The van der Waals surface area contributed by atoms with Gasteiger partial charge in [-0.05, 0) is 42.0 Å². The van der Waals surface area contributed by atoms with Gasteiger partial charge in [0.25, 0.3) is 0 Å². The van der Waals surface area contributed by atoms with Gasteiger partial charge in [-0.3, -0.25) is 9.80 Å². The Kier molecular flexibility index (Phi) is 8.64. The third-order valence-corrected chi connectivity index (χ3v) is 6.42. The third-order valence-electron chi connectivity index (χ3n) is 6.42. The van der Waals surface area contributed by atoms with Crippen LogP contribution in [0.5, 0.6) is 0 Å². The molecule has 2 fully saturated rings. The SMILES string of the molecule is CC(C)C(COC(=O)c1ccc(C(=O)O)cc1CC(C(C)C)N1CCOC1)N1CCOC1. The van der Waals surface area contributed by atoms with Gasteiger partial charge in [-0.15, -0.1) is 0 Å². The molecule has 2 aliphatic rings. The zero-order valence-electron chi connectivity index (χ0n) is 19.6. The van der Waals surface area contributed by atoms with Gasteiger partial charge in [0.05, 0.1) is 37.8 Å². The molecule has 2 aliphatic heterocycles. The van der Waals surface area contributed by atoms with E-state index >= 15 is 0 Å². The summed E-state index contributed by atoms with van der Waals surface area (Å²) in [6.07, 6.45) is 0.556. The standard InChI is InChI=1S/C24H36N2O6/c1-16(2)21(25-7-9-30-14-25)12-19-11-18(23(27)28)5-6-20(19)24(29)32-13-22(17(3)4)26-8-10-31-15-26/h5-6,11,16-17,21-22H,7-10,12-15H2,1-4H3,(H,27,28). The first-order chi connectivity index (χ1) is 15.3. The maximum Gasteiger partial charge on any atom is 0.338 e. The fraction of sp³-hybridized carbons (Fsp3) is 0.667. The van der Waals surface area contributed by atoms with E-state index in [1.807, 2.05) is 0 Å². The maximum atomic E-state index is 13.1. The van der Waals surface area contributed by atoms with Crippen LogP contribution in [-0.4, -0.2) is 85.3 Å². The van der Waals surface area contributed by atoms with Gasteiger partial charge in [-0.25, -0.2) is 9.59 Å². The molecule has 2 atom stereocenters. The van der Waals surface area contributed by atoms with Crippen LogP contribution in [0, 0.1) is 11.8 Å². The van der Waals surface area contributed by atoms with Gasteiger partial charge in [-0.2, -0.15) is 0 Å². The van der Waals surface area contributed by atoms with Crippen molar-refractivity contribution in [2.45, 2.75) is 46.2 Å². The molecule has 0 radical (unpaired) electrons. The van der Waals surface area contributed by atoms with Crippen molar-refractivity contribution in [2.75, 3.05) is 46.4 Å². The first-order valence-electron chi connectivity index (χ1n) is 11.4. The molecule has 8 nitrogen and oxygen atoms in total. The van der Waals surface area contributed by atoms with Crippen LogP contribution in [0.25, 0.3) is 0 Å². The van der Waals surface area contributed by atoms with E-state index in [4.69, 9.17) is 14.2 Å². The minimum Gasteiger partial charge on any atom is -0.478 e. The summed E-state index contributed by atoms with van der Waals surface area (Å²) in [4.78, 5) is 29.1. The Balaban J connectivity index is 1.79. The van der Waals surface area contributed by atoms with E-state index in [9.17, 15) is 14.7 Å². The van der Waals surface area contributed by atoms with Crippen molar-refractivity contribution < 1.29 is 28.9 Å². The molecule has 3 rings (SSSR count). The smallest absolute Gasteiger partial charge is 0.338 e. The van der Waals surface area contributed by atoms with Gasteiger partial charge < -0.3 is 19.3 Å². The number of carbonyl (C=O) groups is 2. The second-order valence-corrected chi connectivity index (χ2v) is 9.30.